The molecular formula is C14H24N4O3. The summed E-state index contributed by atoms with van der Waals surface area (Å²) in [6.07, 6.45) is 1.15. The van der Waals surface area contributed by atoms with Crippen LogP contribution >= 0.6 is 0 Å². The van der Waals surface area contributed by atoms with Crippen LogP contribution in [0.1, 0.15) is 19.8 Å². The molecule has 0 aromatic rings. The minimum atomic E-state index is -0.0591. The molecule has 2 rings (SSSR count). The summed E-state index contributed by atoms with van der Waals surface area (Å²) in [5, 5.41) is 3.20. The molecule has 2 fully saturated rings. The Morgan fingerprint density at radius 1 is 1.05 bits per heavy atom. The quantitative estimate of drug-likeness (QED) is 0.698. The van der Waals surface area contributed by atoms with Crippen molar-refractivity contribution in [1.29, 1.82) is 0 Å². The zero-order valence-electron chi connectivity index (χ0n) is 12.6. The van der Waals surface area contributed by atoms with E-state index in [1.807, 2.05) is 11.8 Å². The maximum Gasteiger partial charge on any atom is 0.242 e. The summed E-state index contributed by atoms with van der Waals surface area (Å²) in [5.74, 6) is -0.0185. The number of hydrogen-bond donors (Lipinski definition) is 1. The number of hydrogen-bond acceptors (Lipinski definition) is 4. The molecule has 1 N–H and O–H groups in total. The second-order valence-corrected chi connectivity index (χ2v) is 5.51. The maximum atomic E-state index is 12.1. The molecule has 0 aliphatic carbocycles. The van der Waals surface area contributed by atoms with E-state index in [9.17, 15) is 14.4 Å². The van der Waals surface area contributed by atoms with Gasteiger partial charge < -0.3 is 20.0 Å². The molecule has 0 aromatic carbocycles. The topological polar surface area (TPSA) is 73.0 Å². The second kappa shape index (κ2) is 7.40. The van der Waals surface area contributed by atoms with Crippen LogP contribution in [0, 0.1) is 0 Å². The first-order chi connectivity index (χ1) is 10.1. The molecule has 2 saturated heterocycles. The zero-order valence-corrected chi connectivity index (χ0v) is 12.6. The Labute approximate surface area is 125 Å². The van der Waals surface area contributed by atoms with Gasteiger partial charge in [0.2, 0.25) is 17.7 Å². The highest BCUT2D eigenvalue weighted by molar-refractivity contribution is 5.92. The van der Waals surface area contributed by atoms with E-state index in [0.717, 1.165) is 32.6 Å². The summed E-state index contributed by atoms with van der Waals surface area (Å²) in [7, 11) is 0. The van der Waals surface area contributed by atoms with Crippen molar-refractivity contribution in [3.63, 3.8) is 0 Å². The van der Waals surface area contributed by atoms with Crippen molar-refractivity contribution in [2.75, 3.05) is 52.4 Å². The third kappa shape index (κ3) is 4.17. The van der Waals surface area contributed by atoms with Crippen molar-refractivity contribution in [1.82, 2.24) is 20.0 Å². The van der Waals surface area contributed by atoms with Gasteiger partial charge in [-0.15, -0.1) is 0 Å². The Hall–Kier alpha value is -1.63. The summed E-state index contributed by atoms with van der Waals surface area (Å²) in [6, 6.07) is 0. The lowest BCUT2D eigenvalue weighted by molar-refractivity contribution is -0.150. The minimum Gasteiger partial charge on any atom is -0.340 e. The summed E-state index contributed by atoms with van der Waals surface area (Å²) in [4.78, 5) is 40.9. The molecule has 0 aromatic heterocycles. The van der Waals surface area contributed by atoms with Crippen molar-refractivity contribution in [3.05, 3.63) is 0 Å². The molecule has 0 saturated carbocycles. The minimum absolute atomic E-state index is 0.0222. The van der Waals surface area contributed by atoms with Crippen LogP contribution in [-0.4, -0.2) is 84.8 Å². The van der Waals surface area contributed by atoms with Crippen molar-refractivity contribution >= 4 is 17.7 Å². The lowest BCUT2D eigenvalue weighted by atomic mass is 10.2. The van der Waals surface area contributed by atoms with E-state index in [0.29, 0.717) is 19.5 Å². The van der Waals surface area contributed by atoms with Crippen molar-refractivity contribution in [3.8, 4) is 0 Å². The summed E-state index contributed by atoms with van der Waals surface area (Å²) in [5.41, 5.74) is 0. The SMILES string of the molecule is CCCN1CC(=O)N(CCC(=O)N2CCNCC2)CC1=O. The van der Waals surface area contributed by atoms with E-state index in [4.69, 9.17) is 0 Å². The van der Waals surface area contributed by atoms with Crippen molar-refractivity contribution in [2.24, 2.45) is 0 Å². The van der Waals surface area contributed by atoms with Gasteiger partial charge in [0.1, 0.15) is 0 Å². The highest BCUT2D eigenvalue weighted by atomic mass is 16.2. The predicted molar refractivity (Wildman–Crippen MR) is 77.5 cm³/mol. The van der Waals surface area contributed by atoms with Gasteiger partial charge in [0, 0.05) is 45.7 Å². The Balaban J connectivity index is 1.79. The molecule has 0 bridgehead atoms. The standard InChI is InChI=1S/C14H24N4O3/c1-2-6-17-10-14(21)18(11-13(17)20)7-3-12(19)16-8-4-15-5-9-16/h15H,2-11H2,1H3. The van der Waals surface area contributed by atoms with Gasteiger partial charge in [-0.25, -0.2) is 0 Å². The first-order valence-corrected chi connectivity index (χ1v) is 7.66. The highest BCUT2D eigenvalue weighted by Gasteiger charge is 2.29. The van der Waals surface area contributed by atoms with E-state index in [1.165, 1.54) is 4.90 Å². The molecule has 0 radical (unpaired) electrons. The van der Waals surface area contributed by atoms with E-state index in [1.54, 1.807) is 4.90 Å². The van der Waals surface area contributed by atoms with E-state index in [2.05, 4.69) is 5.32 Å². The van der Waals surface area contributed by atoms with Crippen LogP contribution in [0.4, 0.5) is 0 Å². The molecule has 7 nitrogen and oxygen atoms in total. The monoisotopic (exact) mass is 296 g/mol. The van der Waals surface area contributed by atoms with E-state index >= 15 is 0 Å². The van der Waals surface area contributed by atoms with Crippen molar-refractivity contribution < 1.29 is 14.4 Å². The van der Waals surface area contributed by atoms with Crippen LogP contribution in [-0.2, 0) is 14.4 Å². The lowest BCUT2D eigenvalue weighted by Gasteiger charge is -2.34. The van der Waals surface area contributed by atoms with Gasteiger partial charge in [-0.1, -0.05) is 6.92 Å². The van der Waals surface area contributed by atoms with Gasteiger partial charge in [-0.3, -0.25) is 14.4 Å². The van der Waals surface area contributed by atoms with Gasteiger partial charge in [-0.05, 0) is 6.42 Å². The van der Waals surface area contributed by atoms with E-state index in [-0.39, 0.29) is 30.8 Å². The summed E-state index contributed by atoms with van der Waals surface area (Å²) in [6.45, 7) is 6.27. The van der Waals surface area contributed by atoms with Crippen molar-refractivity contribution in [2.45, 2.75) is 19.8 Å². The first kappa shape index (κ1) is 15.8. The average Bonchev–Trinajstić information content (AvgIpc) is 2.50. The Morgan fingerprint density at radius 2 is 1.62 bits per heavy atom. The second-order valence-electron chi connectivity index (χ2n) is 5.51. The van der Waals surface area contributed by atoms with Crippen LogP contribution in [0.5, 0.6) is 0 Å². The molecular weight excluding hydrogens is 272 g/mol. The third-order valence-corrected chi connectivity index (χ3v) is 3.92. The Morgan fingerprint density at radius 3 is 2.19 bits per heavy atom. The molecule has 3 amide bonds. The predicted octanol–water partition coefficient (Wildman–Crippen LogP) is -1.11. The Kier molecular flexibility index (Phi) is 5.55. The van der Waals surface area contributed by atoms with Crippen LogP contribution in [0.15, 0.2) is 0 Å². The smallest absolute Gasteiger partial charge is 0.242 e. The molecule has 7 heteroatoms. The molecule has 2 aliphatic rings. The van der Waals surface area contributed by atoms with Gasteiger partial charge >= 0.3 is 0 Å². The summed E-state index contributed by atoms with van der Waals surface area (Å²) < 4.78 is 0. The van der Waals surface area contributed by atoms with Crippen LogP contribution < -0.4 is 5.32 Å². The van der Waals surface area contributed by atoms with Gasteiger partial charge in [0.25, 0.3) is 0 Å². The zero-order chi connectivity index (χ0) is 15.2. The van der Waals surface area contributed by atoms with Crippen LogP contribution in [0.3, 0.4) is 0 Å². The maximum absolute atomic E-state index is 12.1. The Bertz CT molecular complexity index is 407. The fourth-order valence-corrected chi connectivity index (χ4v) is 2.68. The lowest BCUT2D eigenvalue weighted by Crippen LogP contribution is -2.54. The molecule has 2 heterocycles. The van der Waals surface area contributed by atoms with Crippen LogP contribution in [0.2, 0.25) is 0 Å². The number of nitrogens with zero attached hydrogens (tertiary/aromatic N) is 3. The average molecular weight is 296 g/mol. The molecule has 0 spiro atoms. The highest BCUT2D eigenvalue weighted by Crippen LogP contribution is 2.07. The number of rotatable bonds is 5. The molecule has 118 valence electrons. The fraction of sp³-hybridized carbons (Fsp3) is 0.786. The first-order valence-electron chi connectivity index (χ1n) is 7.66. The number of carbonyl (C=O) groups excluding carboxylic acids is 3. The fourth-order valence-electron chi connectivity index (χ4n) is 2.68. The largest absolute Gasteiger partial charge is 0.340 e. The molecule has 0 unspecified atom stereocenters. The molecule has 21 heavy (non-hydrogen) atoms. The normalized spacial score (nSPS) is 20.1. The third-order valence-electron chi connectivity index (χ3n) is 3.92. The van der Waals surface area contributed by atoms with Crippen LogP contribution in [0.25, 0.3) is 0 Å². The molecule has 0 atom stereocenters. The number of amides is 3. The van der Waals surface area contributed by atoms with Gasteiger partial charge in [0.15, 0.2) is 0 Å². The number of carbonyl (C=O) groups is 3. The van der Waals surface area contributed by atoms with Gasteiger partial charge in [0.05, 0.1) is 13.1 Å². The van der Waals surface area contributed by atoms with Gasteiger partial charge in [-0.2, -0.15) is 0 Å². The number of nitrogens with one attached hydrogen (secondary N) is 1. The molecule has 2 aliphatic heterocycles. The number of piperazine rings is 2. The van der Waals surface area contributed by atoms with E-state index < -0.39 is 0 Å². The summed E-state index contributed by atoms with van der Waals surface area (Å²) >= 11 is 0.